The average Bonchev–Trinajstić information content (AvgIpc) is 3.75. The highest BCUT2D eigenvalue weighted by Gasteiger charge is 2.35. The van der Waals surface area contributed by atoms with Gasteiger partial charge in [0.2, 0.25) is 5.91 Å². The molecule has 0 radical (unpaired) electrons. The molecule has 0 N–H and O–H groups in total. The van der Waals surface area contributed by atoms with Crippen molar-refractivity contribution in [1.82, 2.24) is 24.6 Å². The van der Waals surface area contributed by atoms with Gasteiger partial charge in [0.25, 0.3) is 0 Å². The lowest BCUT2D eigenvalue weighted by Crippen LogP contribution is -2.40. The molecule has 7 rings (SSSR count). The van der Waals surface area contributed by atoms with E-state index in [9.17, 15) is 22.4 Å². The SMILES string of the molecule is C=CC(=O)N1CCn2nc(-c3nc(-c4ccc5c(c4)CN(CC(F)(F)F)CC5)c4c(c3-c3c(F)cc(F)cc3OCCOC)CCC4)cc2[C@H]1C. The second-order valence-corrected chi connectivity index (χ2v) is 13.2. The van der Waals surface area contributed by atoms with Gasteiger partial charge in [-0.05, 0) is 73.1 Å². The van der Waals surface area contributed by atoms with Crippen molar-refractivity contribution in [2.45, 2.75) is 57.9 Å². The van der Waals surface area contributed by atoms with Crippen LogP contribution in [0.5, 0.6) is 5.75 Å². The van der Waals surface area contributed by atoms with E-state index in [2.05, 4.69) is 6.58 Å². The maximum atomic E-state index is 16.2. The molecule has 4 heterocycles. The maximum Gasteiger partial charge on any atom is 0.401 e. The predicted molar refractivity (Wildman–Crippen MR) is 181 cm³/mol. The largest absolute Gasteiger partial charge is 0.490 e. The summed E-state index contributed by atoms with van der Waals surface area (Å²) < 4.78 is 83.7. The summed E-state index contributed by atoms with van der Waals surface area (Å²) in [6.07, 6.45) is -0.554. The van der Waals surface area contributed by atoms with E-state index >= 15 is 4.39 Å². The predicted octanol–water partition coefficient (Wildman–Crippen LogP) is 7.08. The van der Waals surface area contributed by atoms with Crippen LogP contribution in [0, 0.1) is 11.6 Å². The number of nitrogens with zero attached hydrogens (tertiary/aromatic N) is 5. The average molecular weight is 708 g/mol. The number of ether oxygens (including phenoxy) is 2. The number of aromatic nitrogens is 3. The summed E-state index contributed by atoms with van der Waals surface area (Å²) in [5.41, 5.74) is 6.98. The molecule has 0 bridgehead atoms. The van der Waals surface area contributed by atoms with Crippen molar-refractivity contribution < 1.29 is 36.2 Å². The molecule has 2 aromatic heterocycles. The van der Waals surface area contributed by atoms with E-state index in [-0.39, 0.29) is 43.0 Å². The van der Waals surface area contributed by atoms with Crippen LogP contribution in [0.1, 0.15) is 47.3 Å². The van der Waals surface area contributed by atoms with Gasteiger partial charge in [0.05, 0.1) is 48.4 Å². The summed E-state index contributed by atoms with van der Waals surface area (Å²) >= 11 is 0. The van der Waals surface area contributed by atoms with Crippen LogP contribution in [-0.4, -0.2) is 76.6 Å². The number of halogens is 5. The zero-order valence-electron chi connectivity index (χ0n) is 28.5. The summed E-state index contributed by atoms with van der Waals surface area (Å²) in [4.78, 5) is 21.0. The Morgan fingerprint density at radius 2 is 1.78 bits per heavy atom. The molecule has 2 aromatic carbocycles. The molecular formula is C38H38F5N5O3. The van der Waals surface area contributed by atoms with Crippen LogP contribution in [-0.2, 0) is 41.9 Å². The third-order valence-corrected chi connectivity index (χ3v) is 10.0. The van der Waals surface area contributed by atoms with Crippen LogP contribution in [0.25, 0.3) is 33.8 Å². The Morgan fingerprint density at radius 1 is 0.980 bits per heavy atom. The van der Waals surface area contributed by atoms with Crippen molar-refractivity contribution in [3.63, 3.8) is 0 Å². The molecule has 8 nitrogen and oxygen atoms in total. The number of hydrogen-bond acceptors (Lipinski definition) is 6. The highest BCUT2D eigenvalue weighted by molar-refractivity contribution is 5.90. The normalized spacial score (nSPS) is 17.2. The molecule has 0 saturated carbocycles. The fourth-order valence-corrected chi connectivity index (χ4v) is 7.68. The number of carbonyl (C=O) groups is 1. The minimum absolute atomic E-state index is 0.00748. The Labute approximate surface area is 292 Å². The highest BCUT2D eigenvalue weighted by atomic mass is 19.4. The minimum Gasteiger partial charge on any atom is -0.490 e. The Balaban J connectivity index is 1.42. The molecule has 268 valence electrons. The van der Waals surface area contributed by atoms with Crippen LogP contribution in [0.3, 0.4) is 0 Å². The monoisotopic (exact) mass is 707 g/mol. The molecule has 3 aliphatic rings. The van der Waals surface area contributed by atoms with E-state index in [0.29, 0.717) is 61.5 Å². The van der Waals surface area contributed by atoms with Crippen molar-refractivity contribution in [1.29, 1.82) is 0 Å². The first-order valence-electron chi connectivity index (χ1n) is 17.0. The second kappa shape index (κ2) is 13.8. The maximum absolute atomic E-state index is 16.2. The molecule has 0 unspecified atom stereocenters. The van der Waals surface area contributed by atoms with E-state index in [0.717, 1.165) is 52.1 Å². The molecule has 0 fully saturated rings. The van der Waals surface area contributed by atoms with Crippen molar-refractivity contribution in [2.24, 2.45) is 0 Å². The van der Waals surface area contributed by atoms with E-state index in [1.807, 2.05) is 35.9 Å². The van der Waals surface area contributed by atoms with Crippen molar-refractivity contribution in [3.05, 3.63) is 88.6 Å². The van der Waals surface area contributed by atoms with E-state index in [4.69, 9.17) is 19.6 Å². The summed E-state index contributed by atoms with van der Waals surface area (Å²) in [5.74, 6) is -1.81. The number of benzene rings is 2. The van der Waals surface area contributed by atoms with Gasteiger partial charge in [0.1, 0.15) is 29.7 Å². The van der Waals surface area contributed by atoms with Crippen LogP contribution in [0.15, 0.2) is 49.1 Å². The van der Waals surface area contributed by atoms with Gasteiger partial charge >= 0.3 is 6.18 Å². The third kappa shape index (κ3) is 6.76. The van der Waals surface area contributed by atoms with E-state index in [1.165, 1.54) is 18.1 Å². The molecule has 0 spiro atoms. The Bertz CT molecular complexity index is 2010. The number of methoxy groups -OCH3 is 1. The van der Waals surface area contributed by atoms with Gasteiger partial charge in [-0.2, -0.15) is 18.3 Å². The molecule has 4 aromatic rings. The molecule has 51 heavy (non-hydrogen) atoms. The van der Waals surface area contributed by atoms with Gasteiger partial charge in [-0.3, -0.25) is 14.4 Å². The molecule has 13 heteroatoms. The van der Waals surface area contributed by atoms with E-state index in [1.54, 1.807) is 4.90 Å². The minimum atomic E-state index is -4.30. The second-order valence-electron chi connectivity index (χ2n) is 13.2. The van der Waals surface area contributed by atoms with Crippen LogP contribution >= 0.6 is 0 Å². The van der Waals surface area contributed by atoms with Gasteiger partial charge in [-0.1, -0.05) is 18.7 Å². The molecule has 2 aliphatic heterocycles. The lowest BCUT2D eigenvalue weighted by atomic mass is 9.89. The van der Waals surface area contributed by atoms with Gasteiger partial charge < -0.3 is 14.4 Å². The summed E-state index contributed by atoms with van der Waals surface area (Å²) in [6.45, 7) is 6.11. The summed E-state index contributed by atoms with van der Waals surface area (Å²) in [5, 5.41) is 4.92. The number of pyridine rings is 1. The fourth-order valence-electron chi connectivity index (χ4n) is 7.68. The van der Waals surface area contributed by atoms with Gasteiger partial charge in [0.15, 0.2) is 0 Å². The quantitative estimate of drug-likeness (QED) is 0.105. The van der Waals surface area contributed by atoms with Gasteiger partial charge in [0, 0.05) is 50.0 Å². The van der Waals surface area contributed by atoms with Crippen molar-refractivity contribution in [3.8, 4) is 39.5 Å². The number of hydrogen-bond donors (Lipinski definition) is 0. The number of alkyl halides is 3. The Hall–Kier alpha value is -4.62. The highest BCUT2D eigenvalue weighted by Crippen LogP contribution is 2.47. The first kappa shape index (κ1) is 34.8. The van der Waals surface area contributed by atoms with Crippen LogP contribution in [0.2, 0.25) is 0 Å². The van der Waals surface area contributed by atoms with E-state index < -0.39 is 24.4 Å². The Morgan fingerprint density at radius 3 is 2.55 bits per heavy atom. The summed E-state index contributed by atoms with van der Waals surface area (Å²) in [6, 6.07) is 9.31. The lowest BCUT2D eigenvalue weighted by molar-refractivity contribution is -0.147. The van der Waals surface area contributed by atoms with Gasteiger partial charge in [-0.25, -0.2) is 13.8 Å². The van der Waals surface area contributed by atoms with Crippen molar-refractivity contribution >= 4 is 5.91 Å². The van der Waals surface area contributed by atoms with Gasteiger partial charge in [-0.15, -0.1) is 0 Å². The lowest BCUT2D eigenvalue weighted by Gasteiger charge is -2.33. The molecule has 1 aliphatic carbocycles. The summed E-state index contributed by atoms with van der Waals surface area (Å²) in [7, 11) is 1.50. The first-order valence-corrected chi connectivity index (χ1v) is 17.0. The number of rotatable bonds is 9. The standard InChI is InChI=1S/C38H38F5N5O3/c1-4-33(49)47-12-13-48-31(22(47)2)19-30(45-48)37-34(35-29(40)17-26(39)18-32(35)51-15-14-50-3)27-6-5-7-28(27)36(44-37)24-9-8-23-10-11-46(20-25(23)16-24)21-38(41,42)43/h4,8-9,16-19,22H,1,5-7,10-15,20-21H2,2-3H3/t22-/m1/s1. The number of fused-ring (bicyclic) bond motifs is 3. The third-order valence-electron chi connectivity index (χ3n) is 10.0. The molecule has 0 saturated heterocycles. The zero-order chi connectivity index (χ0) is 36.0. The first-order chi connectivity index (χ1) is 24.5. The topological polar surface area (TPSA) is 72.7 Å². The number of amides is 1. The molecular weight excluding hydrogens is 669 g/mol. The zero-order valence-corrected chi connectivity index (χ0v) is 28.5. The number of carbonyl (C=O) groups excluding carboxylic acids is 1. The Kier molecular flexibility index (Phi) is 9.44. The van der Waals surface area contributed by atoms with Crippen LogP contribution < -0.4 is 4.74 Å². The molecule has 1 amide bonds. The molecule has 1 atom stereocenters. The van der Waals surface area contributed by atoms with Crippen molar-refractivity contribution in [2.75, 3.05) is 40.0 Å². The van der Waals surface area contributed by atoms with Crippen LogP contribution in [0.4, 0.5) is 22.0 Å². The smallest absolute Gasteiger partial charge is 0.401 e. The fraction of sp³-hybridized carbons (Fsp3) is 0.395.